The zero-order chi connectivity index (χ0) is 14.5. The van der Waals surface area contributed by atoms with Crippen molar-refractivity contribution in [1.82, 2.24) is 0 Å². The lowest BCUT2D eigenvalue weighted by molar-refractivity contribution is -0.384. The van der Waals surface area contributed by atoms with Crippen LogP contribution in [0.4, 0.5) is 11.4 Å². The van der Waals surface area contributed by atoms with Crippen molar-refractivity contribution in [3.8, 4) is 0 Å². The molecule has 4 nitrogen and oxygen atoms in total. The molecule has 0 spiro atoms. The Balaban J connectivity index is 2.26. The molecule has 1 N–H and O–H groups in total. The zero-order valence-electron chi connectivity index (χ0n) is 11.6. The van der Waals surface area contributed by atoms with Crippen molar-refractivity contribution in [2.75, 3.05) is 5.32 Å². The van der Waals surface area contributed by atoms with Crippen LogP contribution in [0, 0.1) is 17.0 Å². The number of anilines is 1. The van der Waals surface area contributed by atoms with E-state index in [-0.39, 0.29) is 16.7 Å². The van der Waals surface area contributed by atoms with E-state index in [2.05, 4.69) is 23.7 Å². The molecule has 0 fully saturated rings. The lowest BCUT2D eigenvalue weighted by Gasteiger charge is -2.19. The summed E-state index contributed by atoms with van der Waals surface area (Å²) >= 11 is 1.71. The fourth-order valence-corrected chi connectivity index (χ4v) is 2.94. The average Bonchev–Trinajstić information content (AvgIpc) is 2.94. The van der Waals surface area contributed by atoms with Crippen molar-refractivity contribution < 1.29 is 4.92 Å². The number of thiophene rings is 1. The van der Waals surface area contributed by atoms with Gasteiger partial charge in [0.05, 0.1) is 11.0 Å². The van der Waals surface area contributed by atoms with Crippen molar-refractivity contribution >= 4 is 22.7 Å². The summed E-state index contributed by atoms with van der Waals surface area (Å²) in [6.45, 7) is 4.10. The normalized spacial score (nSPS) is 12.1. The van der Waals surface area contributed by atoms with Gasteiger partial charge in [-0.3, -0.25) is 10.1 Å². The SMILES string of the molecule is CCCC(Nc1cc([N+](=O)[O-])ccc1C)c1cccs1. The number of nitrogens with zero attached hydrogens (tertiary/aromatic N) is 1. The van der Waals surface area contributed by atoms with Crippen molar-refractivity contribution in [1.29, 1.82) is 0 Å². The number of benzene rings is 1. The molecule has 1 unspecified atom stereocenters. The minimum absolute atomic E-state index is 0.125. The fraction of sp³-hybridized carbons (Fsp3) is 0.333. The molecule has 0 saturated heterocycles. The van der Waals surface area contributed by atoms with Gasteiger partial charge in [0, 0.05) is 22.7 Å². The lowest BCUT2D eigenvalue weighted by Crippen LogP contribution is -2.10. The molecule has 0 aliphatic heterocycles. The quantitative estimate of drug-likeness (QED) is 0.607. The second-order valence-electron chi connectivity index (χ2n) is 4.76. The highest BCUT2D eigenvalue weighted by Gasteiger charge is 2.15. The fourth-order valence-electron chi connectivity index (χ4n) is 2.13. The number of non-ortho nitro benzene ring substituents is 1. The Labute approximate surface area is 122 Å². The number of aryl methyl sites for hydroxylation is 1. The van der Waals surface area contributed by atoms with Gasteiger partial charge in [0.25, 0.3) is 5.69 Å². The van der Waals surface area contributed by atoms with E-state index in [4.69, 9.17) is 0 Å². The summed E-state index contributed by atoms with van der Waals surface area (Å²) in [5, 5.41) is 16.4. The molecule has 0 bridgehead atoms. The topological polar surface area (TPSA) is 55.2 Å². The number of nitrogens with one attached hydrogen (secondary N) is 1. The monoisotopic (exact) mass is 290 g/mol. The molecule has 1 atom stereocenters. The smallest absolute Gasteiger partial charge is 0.271 e. The molecule has 0 saturated carbocycles. The Morgan fingerprint density at radius 2 is 2.20 bits per heavy atom. The van der Waals surface area contributed by atoms with Crippen LogP contribution in [0.15, 0.2) is 35.7 Å². The molecule has 5 heteroatoms. The van der Waals surface area contributed by atoms with Gasteiger partial charge < -0.3 is 5.32 Å². The molecular formula is C15H18N2O2S. The van der Waals surface area contributed by atoms with Crippen LogP contribution in [-0.4, -0.2) is 4.92 Å². The minimum atomic E-state index is -0.357. The maximum Gasteiger partial charge on any atom is 0.271 e. The highest BCUT2D eigenvalue weighted by molar-refractivity contribution is 7.10. The summed E-state index contributed by atoms with van der Waals surface area (Å²) in [6, 6.07) is 9.29. The first-order valence-electron chi connectivity index (χ1n) is 6.66. The average molecular weight is 290 g/mol. The van der Waals surface area contributed by atoms with Gasteiger partial charge >= 0.3 is 0 Å². The number of nitro groups is 1. The van der Waals surface area contributed by atoms with Gasteiger partial charge in [-0.2, -0.15) is 0 Å². The van der Waals surface area contributed by atoms with Crippen LogP contribution in [0.1, 0.15) is 36.2 Å². The summed E-state index contributed by atoms with van der Waals surface area (Å²) < 4.78 is 0. The van der Waals surface area contributed by atoms with Gasteiger partial charge in [-0.15, -0.1) is 11.3 Å². The largest absolute Gasteiger partial charge is 0.377 e. The van der Waals surface area contributed by atoms with E-state index in [1.54, 1.807) is 29.5 Å². The third-order valence-corrected chi connectivity index (χ3v) is 4.21. The van der Waals surface area contributed by atoms with Gasteiger partial charge in [-0.1, -0.05) is 25.5 Å². The highest BCUT2D eigenvalue weighted by Crippen LogP contribution is 2.30. The number of hydrogen-bond acceptors (Lipinski definition) is 4. The molecule has 1 aromatic carbocycles. The van der Waals surface area contributed by atoms with Gasteiger partial charge in [-0.05, 0) is 30.4 Å². The van der Waals surface area contributed by atoms with Crippen molar-refractivity contribution in [3.63, 3.8) is 0 Å². The standard InChI is InChI=1S/C15H18N2O2S/c1-3-5-13(15-6-4-9-20-15)16-14-10-12(17(18)19)8-7-11(14)2/h4,6-10,13,16H,3,5H2,1-2H3. The number of nitro benzene ring substituents is 1. The molecule has 2 aromatic rings. The van der Waals surface area contributed by atoms with E-state index in [0.29, 0.717) is 0 Å². The third kappa shape index (κ3) is 3.36. The molecule has 0 aliphatic rings. The Kier molecular flexibility index (Phi) is 4.74. The van der Waals surface area contributed by atoms with Crippen molar-refractivity contribution in [2.45, 2.75) is 32.7 Å². The molecule has 2 rings (SSSR count). The predicted octanol–water partition coefficient (Wildman–Crippen LogP) is 4.92. The predicted molar refractivity (Wildman–Crippen MR) is 83.4 cm³/mol. The van der Waals surface area contributed by atoms with E-state index in [1.165, 1.54) is 4.88 Å². The second-order valence-corrected chi connectivity index (χ2v) is 5.74. The lowest BCUT2D eigenvalue weighted by atomic mass is 10.1. The Morgan fingerprint density at radius 1 is 1.40 bits per heavy atom. The highest BCUT2D eigenvalue weighted by atomic mass is 32.1. The Morgan fingerprint density at radius 3 is 2.80 bits per heavy atom. The summed E-state index contributed by atoms with van der Waals surface area (Å²) in [6.07, 6.45) is 2.06. The number of hydrogen-bond donors (Lipinski definition) is 1. The molecule has 1 heterocycles. The van der Waals surface area contributed by atoms with Crippen LogP contribution >= 0.6 is 11.3 Å². The van der Waals surface area contributed by atoms with Gasteiger partial charge in [-0.25, -0.2) is 0 Å². The first kappa shape index (κ1) is 14.5. The first-order chi connectivity index (χ1) is 9.61. The van der Waals surface area contributed by atoms with E-state index in [9.17, 15) is 10.1 Å². The second kappa shape index (κ2) is 6.52. The van der Waals surface area contributed by atoms with Crippen molar-refractivity contribution in [2.24, 2.45) is 0 Å². The molecule has 0 aliphatic carbocycles. The zero-order valence-corrected chi connectivity index (χ0v) is 12.4. The van der Waals surface area contributed by atoms with Gasteiger partial charge in [0.1, 0.15) is 0 Å². The summed E-state index contributed by atoms with van der Waals surface area (Å²) in [4.78, 5) is 11.8. The number of rotatable bonds is 6. The molecule has 0 radical (unpaired) electrons. The summed E-state index contributed by atoms with van der Waals surface area (Å²) in [5.41, 5.74) is 1.99. The maximum atomic E-state index is 10.9. The van der Waals surface area contributed by atoms with E-state index >= 15 is 0 Å². The molecular weight excluding hydrogens is 272 g/mol. The van der Waals surface area contributed by atoms with E-state index in [0.717, 1.165) is 24.1 Å². The van der Waals surface area contributed by atoms with Crippen LogP contribution < -0.4 is 5.32 Å². The van der Waals surface area contributed by atoms with Gasteiger partial charge in [0.2, 0.25) is 0 Å². The maximum absolute atomic E-state index is 10.9. The minimum Gasteiger partial charge on any atom is -0.377 e. The van der Waals surface area contributed by atoms with E-state index in [1.807, 2.05) is 13.0 Å². The van der Waals surface area contributed by atoms with E-state index < -0.39 is 0 Å². The van der Waals surface area contributed by atoms with Crippen molar-refractivity contribution in [3.05, 3.63) is 56.3 Å². The molecule has 0 amide bonds. The van der Waals surface area contributed by atoms with Gasteiger partial charge in [0.15, 0.2) is 0 Å². The van der Waals surface area contributed by atoms with Crippen LogP contribution in [-0.2, 0) is 0 Å². The summed E-state index contributed by atoms with van der Waals surface area (Å²) in [7, 11) is 0. The van der Waals surface area contributed by atoms with Crippen LogP contribution in [0.5, 0.6) is 0 Å². The third-order valence-electron chi connectivity index (χ3n) is 3.23. The molecule has 1 aromatic heterocycles. The van der Waals surface area contributed by atoms with Crippen LogP contribution in [0.3, 0.4) is 0 Å². The Bertz CT molecular complexity index is 582. The molecule has 20 heavy (non-hydrogen) atoms. The Hall–Kier alpha value is -1.88. The van der Waals surface area contributed by atoms with Crippen LogP contribution in [0.25, 0.3) is 0 Å². The summed E-state index contributed by atoms with van der Waals surface area (Å²) in [5.74, 6) is 0. The first-order valence-corrected chi connectivity index (χ1v) is 7.54. The molecule has 106 valence electrons. The van der Waals surface area contributed by atoms with Crippen LogP contribution in [0.2, 0.25) is 0 Å².